The summed E-state index contributed by atoms with van der Waals surface area (Å²) >= 11 is 3.45. The van der Waals surface area contributed by atoms with Gasteiger partial charge in [0, 0.05) is 29.0 Å². The molecule has 2 atom stereocenters. The Morgan fingerprint density at radius 2 is 1.39 bits per heavy atom. The molecule has 1 unspecified atom stereocenters. The second kappa shape index (κ2) is 6.12. The van der Waals surface area contributed by atoms with Gasteiger partial charge in [-0.2, -0.15) is 0 Å². The van der Waals surface area contributed by atoms with Crippen molar-refractivity contribution in [2.24, 2.45) is 0 Å². The summed E-state index contributed by atoms with van der Waals surface area (Å²) in [5.74, 6) is 0. The topological polar surface area (TPSA) is 24.9 Å². The summed E-state index contributed by atoms with van der Waals surface area (Å²) < 4.78 is 1.11. The van der Waals surface area contributed by atoms with Crippen LogP contribution in [0.2, 0.25) is 0 Å². The fraction of sp³-hybridized carbons (Fsp3) is 0.267. The van der Waals surface area contributed by atoms with E-state index in [0.29, 0.717) is 12.1 Å². The average molecular weight is 305 g/mol. The zero-order valence-electron chi connectivity index (χ0n) is 10.6. The summed E-state index contributed by atoms with van der Waals surface area (Å²) in [4.78, 5) is 4.04. The molecule has 1 aromatic heterocycles. The summed E-state index contributed by atoms with van der Waals surface area (Å²) in [5, 5.41) is 3.59. The number of rotatable bonds is 4. The van der Waals surface area contributed by atoms with Gasteiger partial charge in [-0.15, -0.1) is 0 Å². The lowest BCUT2D eigenvalue weighted by molar-refractivity contribution is 0.494. The van der Waals surface area contributed by atoms with Gasteiger partial charge < -0.3 is 5.32 Å². The van der Waals surface area contributed by atoms with E-state index < -0.39 is 0 Å². The van der Waals surface area contributed by atoms with E-state index in [1.54, 1.807) is 0 Å². The molecule has 0 saturated heterocycles. The van der Waals surface area contributed by atoms with E-state index in [0.717, 1.165) is 4.47 Å². The Morgan fingerprint density at radius 3 is 1.94 bits per heavy atom. The predicted octanol–water partition coefficient (Wildman–Crippen LogP) is 4.26. The number of halogens is 1. The summed E-state index contributed by atoms with van der Waals surface area (Å²) in [6.07, 6.45) is 3.66. The van der Waals surface area contributed by atoms with Crippen molar-refractivity contribution in [3.8, 4) is 0 Å². The lowest BCUT2D eigenvalue weighted by Crippen LogP contribution is -2.22. The summed E-state index contributed by atoms with van der Waals surface area (Å²) in [7, 11) is 0. The van der Waals surface area contributed by atoms with Crippen molar-refractivity contribution >= 4 is 15.9 Å². The predicted molar refractivity (Wildman–Crippen MR) is 78.3 cm³/mol. The molecule has 0 radical (unpaired) electrons. The number of nitrogens with one attached hydrogen (secondary N) is 1. The fourth-order valence-corrected chi connectivity index (χ4v) is 2.24. The van der Waals surface area contributed by atoms with Crippen LogP contribution < -0.4 is 5.32 Å². The Kier molecular flexibility index (Phi) is 4.50. The van der Waals surface area contributed by atoms with Gasteiger partial charge in [0.1, 0.15) is 0 Å². The standard InChI is InChI=1S/C15H17BrN2/c1-11(13-3-5-15(16)6-4-13)18-12(2)14-7-9-17-10-8-14/h3-12,18H,1-2H3/t11?,12-/m1/s1. The third kappa shape index (κ3) is 3.40. The van der Waals surface area contributed by atoms with Crippen LogP contribution in [0.4, 0.5) is 0 Å². The molecule has 2 rings (SSSR count). The maximum atomic E-state index is 4.04. The van der Waals surface area contributed by atoms with Gasteiger partial charge in [0.2, 0.25) is 0 Å². The molecular formula is C15H17BrN2. The van der Waals surface area contributed by atoms with Gasteiger partial charge in [-0.1, -0.05) is 28.1 Å². The highest BCUT2D eigenvalue weighted by Gasteiger charge is 2.10. The molecule has 2 nitrogen and oxygen atoms in total. The average Bonchev–Trinajstić information content (AvgIpc) is 2.40. The van der Waals surface area contributed by atoms with Crippen molar-refractivity contribution in [1.29, 1.82) is 0 Å². The molecular weight excluding hydrogens is 288 g/mol. The van der Waals surface area contributed by atoms with Gasteiger partial charge in [0.15, 0.2) is 0 Å². The fourth-order valence-electron chi connectivity index (χ4n) is 1.97. The Balaban J connectivity index is 2.03. The van der Waals surface area contributed by atoms with E-state index in [9.17, 15) is 0 Å². The molecule has 94 valence electrons. The van der Waals surface area contributed by atoms with Crippen molar-refractivity contribution in [3.05, 3.63) is 64.4 Å². The van der Waals surface area contributed by atoms with E-state index >= 15 is 0 Å². The lowest BCUT2D eigenvalue weighted by Gasteiger charge is -2.20. The Morgan fingerprint density at radius 1 is 0.889 bits per heavy atom. The largest absolute Gasteiger partial charge is 0.304 e. The number of nitrogens with zero attached hydrogens (tertiary/aromatic N) is 1. The molecule has 0 spiro atoms. The van der Waals surface area contributed by atoms with E-state index in [1.165, 1.54) is 11.1 Å². The molecule has 0 aliphatic rings. The maximum Gasteiger partial charge on any atom is 0.0298 e. The Labute approximate surface area is 117 Å². The minimum Gasteiger partial charge on any atom is -0.304 e. The van der Waals surface area contributed by atoms with Crippen LogP contribution in [0.5, 0.6) is 0 Å². The zero-order chi connectivity index (χ0) is 13.0. The molecule has 2 aromatic rings. The molecule has 18 heavy (non-hydrogen) atoms. The van der Waals surface area contributed by atoms with Crippen molar-refractivity contribution < 1.29 is 0 Å². The van der Waals surface area contributed by atoms with Crippen LogP contribution >= 0.6 is 15.9 Å². The third-order valence-corrected chi connectivity index (χ3v) is 3.60. The minimum absolute atomic E-state index is 0.312. The van der Waals surface area contributed by atoms with Gasteiger partial charge in [0.05, 0.1) is 0 Å². The third-order valence-electron chi connectivity index (χ3n) is 3.08. The molecule has 1 N–H and O–H groups in total. The first-order valence-electron chi connectivity index (χ1n) is 6.08. The monoisotopic (exact) mass is 304 g/mol. The van der Waals surface area contributed by atoms with Crippen LogP contribution in [-0.4, -0.2) is 4.98 Å². The van der Waals surface area contributed by atoms with E-state index in [-0.39, 0.29) is 0 Å². The van der Waals surface area contributed by atoms with Crippen LogP contribution in [0.25, 0.3) is 0 Å². The van der Waals surface area contributed by atoms with E-state index in [2.05, 4.69) is 64.3 Å². The smallest absolute Gasteiger partial charge is 0.0298 e. The molecule has 3 heteroatoms. The lowest BCUT2D eigenvalue weighted by atomic mass is 10.1. The Bertz CT molecular complexity index is 482. The van der Waals surface area contributed by atoms with Gasteiger partial charge >= 0.3 is 0 Å². The molecule has 0 amide bonds. The highest BCUT2D eigenvalue weighted by Crippen LogP contribution is 2.20. The first-order chi connectivity index (χ1) is 8.66. The minimum atomic E-state index is 0.312. The summed E-state index contributed by atoms with van der Waals surface area (Å²) in [6.45, 7) is 4.35. The number of pyridine rings is 1. The first kappa shape index (κ1) is 13.2. The summed E-state index contributed by atoms with van der Waals surface area (Å²) in [5.41, 5.74) is 2.55. The number of hydrogen-bond acceptors (Lipinski definition) is 2. The van der Waals surface area contributed by atoms with Gasteiger partial charge in [0.25, 0.3) is 0 Å². The molecule has 1 aromatic carbocycles. The molecule has 1 heterocycles. The second-order valence-corrected chi connectivity index (χ2v) is 5.36. The van der Waals surface area contributed by atoms with Gasteiger partial charge in [-0.25, -0.2) is 0 Å². The van der Waals surface area contributed by atoms with E-state index in [4.69, 9.17) is 0 Å². The van der Waals surface area contributed by atoms with Gasteiger partial charge in [-0.05, 0) is 49.2 Å². The quantitative estimate of drug-likeness (QED) is 0.913. The molecule has 0 aliphatic heterocycles. The summed E-state index contributed by atoms with van der Waals surface area (Å²) in [6, 6.07) is 13.2. The van der Waals surface area contributed by atoms with Crippen molar-refractivity contribution in [3.63, 3.8) is 0 Å². The normalized spacial score (nSPS) is 14.2. The Hall–Kier alpha value is -1.19. The number of benzene rings is 1. The second-order valence-electron chi connectivity index (χ2n) is 4.44. The van der Waals surface area contributed by atoms with Crippen molar-refractivity contribution in [1.82, 2.24) is 10.3 Å². The van der Waals surface area contributed by atoms with Crippen molar-refractivity contribution in [2.45, 2.75) is 25.9 Å². The SMILES string of the molecule is CC(N[C@H](C)c1ccncc1)c1ccc(Br)cc1. The molecule has 0 saturated carbocycles. The van der Waals surface area contributed by atoms with E-state index in [1.807, 2.05) is 24.5 Å². The van der Waals surface area contributed by atoms with Crippen LogP contribution in [-0.2, 0) is 0 Å². The number of hydrogen-bond donors (Lipinski definition) is 1. The van der Waals surface area contributed by atoms with Crippen LogP contribution in [0.15, 0.2) is 53.3 Å². The highest BCUT2D eigenvalue weighted by molar-refractivity contribution is 9.10. The molecule has 0 aliphatic carbocycles. The van der Waals surface area contributed by atoms with Crippen LogP contribution in [0.1, 0.15) is 37.1 Å². The first-order valence-corrected chi connectivity index (χ1v) is 6.87. The molecule has 0 bridgehead atoms. The molecule has 0 fully saturated rings. The van der Waals surface area contributed by atoms with Crippen molar-refractivity contribution in [2.75, 3.05) is 0 Å². The van der Waals surface area contributed by atoms with Gasteiger partial charge in [-0.3, -0.25) is 4.98 Å². The number of aromatic nitrogens is 1. The van der Waals surface area contributed by atoms with Crippen LogP contribution in [0.3, 0.4) is 0 Å². The highest BCUT2D eigenvalue weighted by atomic mass is 79.9. The van der Waals surface area contributed by atoms with Crippen LogP contribution in [0, 0.1) is 0 Å². The maximum absolute atomic E-state index is 4.04. The zero-order valence-corrected chi connectivity index (χ0v) is 12.2.